The SMILES string of the molecule is CC(C)(c1ccc(O)cc1)c1ccc(OC(=O)c2cccc(-c3ccsc3-c3cccc(C(=O)Oc4ccc(C(C)(C)c5ccc(O)cc5)cc4)c3)c2)cc1. The number of carbonyl (C=O) groups excluding carboxylic acids is 2. The van der Waals surface area contributed by atoms with Crippen molar-refractivity contribution in [1.29, 1.82) is 0 Å². The first-order valence-corrected chi connectivity index (χ1v) is 18.8. The summed E-state index contributed by atoms with van der Waals surface area (Å²) in [6.45, 7) is 8.43. The van der Waals surface area contributed by atoms with E-state index in [2.05, 4.69) is 27.7 Å². The van der Waals surface area contributed by atoms with E-state index < -0.39 is 11.9 Å². The van der Waals surface area contributed by atoms with Gasteiger partial charge in [-0.15, -0.1) is 11.3 Å². The Morgan fingerprint density at radius 2 is 0.873 bits per heavy atom. The highest BCUT2D eigenvalue weighted by atomic mass is 32.1. The lowest BCUT2D eigenvalue weighted by Crippen LogP contribution is -2.18. The van der Waals surface area contributed by atoms with Crippen molar-refractivity contribution >= 4 is 23.3 Å². The quantitative estimate of drug-likeness (QED) is 0.107. The Labute approximate surface area is 324 Å². The molecule has 6 nitrogen and oxygen atoms in total. The minimum absolute atomic E-state index is 0.222. The smallest absolute Gasteiger partial charge is 0.343 e. The number of esters is 2. The van der Waals surface area contributed by atoms with Gasteiger partial charge in [-0.3, -0.25) is 0 Å². The Morgan fingerprint density at radius 1 is 0.491 bits per heavy atom. The molecule has 7 heteroatoms. The van der Waals surface area contributed by atoms with Crippen molar-refractivity contribution in [2.45, 2.75) is 38.5 Å². The van der Waals surface area contributed by atoms with E-state index in [1.54, 1.807) is 72.0 Å². The number of phenolic OH excluding ortho intramolecular Hbond substituents is 2. The van der Waals surface area contributed by atoms with Gasteiger partial charge in [-0.2, -0.15) is 0 Å². The van der Waals surface area contributed by atoms with Gasteiger partial charge in [0, 0.05) is 21.3 Å². The van der Waals surface area contributed by atoms with E-state index in [9.17, 15) is 19.8 Å². The van der Waals surface area contributed by atoms with Gasteiger partial charge in [-0.05, 0) is 118 Å². The summed E-state index contributed by atoms with van der Waals surface area (Å²) in [7, 11) is 0. The molecule has 274 valence electrons. The molecule has 0 aliphatic rings. The zero-order valence-corrected chi connectivity index (χ0v) is 31.8. The van der Waals surface area contributed by atoms with Gasteiger partial charge in [0.05, 0.1) is 11.1 Å². The zero-order chi connectivity index (χ0) is 38.7. The van der Waals surface area contributed by atoms with Crippen molar-refractivity contribution in [3.05, 3.63) is 190 Å². The van der Waals surface area contributed by atoms with Crippen LogP contribution >= 0.6 is 11.3 Å². The minimum atomic E-state index is -0.467. The van der Waals surface area contributed by atoms with Crippen LogP contribution in [0.1, 0.15) is 70.7 Å². The molecule has 1 heterocycles. The molecule has 0 saturated carbocycles. The molecule has 0 radical (unpaired) electrons. The van der Waals surface area contributed by atoms with Crippen LogP contribution in [0.3, 0.4) is 0 Å². The summed E-state index contributed by atoms with van der Waals surface area (Å²) in [5, 5.41) is 21.4. The molecule has 0 spiro atoms. The fourth-order valence-electron chi connectivity index (χ4n) is 6.66. The summed E-state index contributed by atoms with van der Waals surface area (Å²) in [5.74, 6) is 0.391. The van der Waals surface area contributed by atoms with Gasteiger partial charge < -0.3 is 19.7 Å². The molecule has 6 aromatic carbocycles. The van der Waals surface area contributed by atoms with Crippen molar-refractivity contribution in [2.24, 2.45) is 0 Å². The number of thiophene rings is 1. The van der Waals surface area contributed by atoms with Gasteiger partial charge in [0.25, 0.3) is 0 Å². The molecule has 0 aliphatic heterocycles. The summed E-state index contributed by atoms with van der Waals surface area (Å²) < 4.78 is 11.6. The molecule has 0 saturated heterocycles. The molecule has 0 atom stereocenters. The van der Waals surface area contributed by atoms with Crippen molar-refractivity contribution in [3.63, 3.8) is 0 Å². The fraction of sp³-hybridized carbons (Fsp3) is 0.125. The van der Waals surface area contributed by atoms with Gasteiger partial charge in [-0.25, -0.2) is 9.59 Å². The molecule has 0 bridgehead atoms. The van der Waals surface area contributed by atoms with E-state index in [-0.39, 0.29) is 22.3 Å². The molecule has 1 aromatic heterocycles. The van der Waals surface area contributed by atoms with Gasteiger partial charge in [0.1, 0.15) is 23.0 Å². The first-order chi connectivity index (χ1) is 26.4. The summed E-state index contributed by atoms with van der Waals surface area (Å²) >= 11 is 1.55. The lowest BCUT2D eigenvalue weighted by molar-refractivity contribution is 0.0725. The van der Waals surface area contributed by atoms with Crippen molar-refractivity contribution < 1.29 is 29.3 Å². The third kappa shape index (κ3) is 7.93. The molecule has 55 heavy (non-hydrogen) atoms. The molecule has 7 aromatic rings. The van der Waals surface area contributed by atoms with Crippen molar-refractivity contribution in [3.8, 4) is 44.6 Å². The maximum absolute atomic E-state index is 13.3. The Hall–Kier alpha value is -6.44. The minimum Gasteiger partial charge on any atom is -0.508 e. The van der Waals surface area contributed by atoms with E-state index in [4.69, 9.17) is 9.47 Å². The Kier molecular flexibility index (Phi) is 10.1. The molecule has 0 amide bonds. The number of rotatable bonds is 10. The highest BCUT2D eigenvalue weighted by molar-refractivity contribution is 7.14. The lowest BCUT2D eigenvalue weighted by atomic mass is 9.78. The summed E-state index contributed by atoms with van der Waals surface area (Å²) in [4.78, 5) is 27.6. The maximum atomic E-state index is 13.3. The second-order valence-electron chi connectivity index (χ2n) is 14.5. The van der Waals surface area contributed by atoms with Crippen LogP contribution in [-0.2, 0) is 10.8 Å². The summed E-state index contributed by atoms with van der Waals surface area (Å²) in [6.07, 6.45) is 0. The standard InChI is InChI=1S/C48H40O6S/c1-47(2,35-11-19-39(49)20-12-35)37-15-23-41(24-16-37)53-45(51)33-9-5-7-31(29-33)43-27-28-55-44(43)32-8-6-10-34(30-32)46(52)54-42-25-17-38(18-26-42)48(3,4)36-13-21-40(50)22-14-36/h5-30,49-50H,1-4H3. The maximum Gasteiger partial charge on any atom is 0.343 e. The van der Waals surface area contributed by atoms with Crippen LogP contribution < -0.4 is 9.47 Å². The highest BCUT2D eigenvalue weighted by Crippen LogP contribution is 2.39. The van der Waals surface area contributed by atoms with E-state index in [1.807, 2.05) is 96.4 Å². The normalized spacial score (nSPS) is 11.6. The monoisotopic (exact) mass is 744 g/mol. The molecule has 2 N–H and O–H groups in total. The number of benzene rings is 6. The summed E-state index contributed by atoms with van der Waals surface area (Å²) in [5.41, 5.74) is 7.03. The van der Waals surface area contributed by atoms with Crippen LogP contribution in [0.15, 0.2) is 157 Å². The molecular formula is C48H40O6S. The molecule has 0 fully saturated rings. The van der Waals surface area contributed by atoms with Crippen LogP contribution in [0.2, 0.25) is 0 Å². The van der Waals surface area contributed by atoms with Crippen LogP contribution in [0.25, 0.3) is 21.6 Å². The second-order valence-corrected chi connectivity index (χ2v) is 15.4. The van der Waals surface area contributed by atoms with Crippen LogP contribution in [0.5, 0.6) is 23.0 Å². The molecule has 7 rings (SSSR count). The average molecular weight is 745 g/mol. The molecule has 0 aliphatic carbocycles. The summed E-state index contributed by atoms with van der Waals surface area (Å²) in [6, 6.07) is 46.0. The van der Waals surface area contributed by atoms with Crippen LogP contribution in [-0.4, -0.2) is 22.2 Å². The Morgan fingerprint density at radius 3 is 1.31 bits per heavy atom. The zero-order valence-electron chi connectivity index (χ0n) is 30.9. The number of phenols is 2. The third-order valence-electron chi connectivity index (χ3n) is 10.2. The van der Waals surface area contributed by atoms with Crippen LogP contribution in [0, 0.1) is 0 Å². The largest absolute Gasteiger partial charge is 0.508 e. The number of hydrogen-bond donors (Lipinski definition) is 2. The van der Waals surface area contributed by atoms with Crippen molar-refractivity contribution in [2.75, 3.05) is 0 Å². The van der Waals surface area contributed by atoms with Crippen LogP contribution in [0.4, 0.5) is 0 Å². The first-order valence-electron chi connectivity index (χ1n) is 17.9. The first kappa shape index (κ1) is 36.9. The number of hydrogen-bond acceptors (Lipinski definition) is 7. The van der Waals surface area contributed by atoms with E-state index >= 15 is 0 Å². The molecule has 0 unspecified atom stereocenters. The number of ether oxygens (including phenoxy) is 2. The number of carbonyl (C=O) groups is 2. The van der Waals surface area contributed by atoms with Gasteiger partial charge >= 0.3 is 11.9 Å². The lowest BCUT2D eigenvalue weighted by Gasteiger charge is -2.26. The van der Waals surface area contributed by atoms with Gasteiger partial charge in [0.15, 0.2) is 0 Å². The van der Waals surface area contributed by atoms with E-state index in [0.29, 0.717) is 22.6 Å². The average Bonchev–Trinajstić information content (AvgIpc) is 3.69. The Balaban J connectivity index is 1.03. The van der Waals surface area contributed by atoms with Gasteiger partial charge in [-0.1, -0.05) is 100 Å². The van der Waals surface area contributed by atoms with E-state index in [0.717, 1.165) is 43.8 Å². The van der Waals surface area contributed by atoms with Crippen molar-refractivity contribution in [1.82, 2.24) is 0 Å². The van der Waals surface area contributed by atoms with E-state index in [1.165, 1.54) is 0 Å². The number of aromatic hydroxyl groups is 2. The predicted molar refractivity (Wildman–Crippen MR) is 218 cm³/mol. The van der Waals surface area contributed by atoms with Gasteiger partial charge in [0.2, 0.25) is 0 Å². The predicted octanol–water partition coefficient (Wildman–Crippen LogP) is 11.6. The topological polar surface area (TPSA) is 93.1 Å². The fourth-order valence-corrected chi connectivity index (χ4v) is 7.58. The second kappa shape index (κ2) is 15.1. The highest BCUT2D eigenvalue weighted by Gasteiger charge is 2.25. The third-order valence-corrected chi connectivity index (χ3v) is 11.1. The Bertz CT molecular complexity index is 2280. The molecular weight excluding hydrogens is 705 g/mol.